The van der Waals surface area contributed by atoms with E-state index in [2.05, 4.69) is 48.7 Å². The van der Waals surface area contributed by atoms with Crippen LogP contribution in [0, 0.1) is 63.4 Å². The third kappa shape index (κ3) is 39.3. The maximum atomic E-state index is 13.8. The highest BCUT2D eigenvalue weighted by Gasteiger charge is 2.23. The van der Waals surface area contributed by atoms with Crippen LogP contribution in [0.3, 0.4) is 0 Å². The molecule has 9 nitrogen and oxygen atoms in total. The standard InChI is InChI=1S/C17H24BrF2NO2.C17H25F2NO2.C12H17F2N.C9H8FN.C9H12FN.C3H6FI/c1-17(2,3)23-16(22)21(9-4-8-19)10-7-13-5-6-14(12-18)15(20)11-13;1-13-6-7-14(12-15(13)19)8-11-20(10-5-9-18)16(21)22-17(2,3)4;1-10-3-4-11(9-12(10)14)5-8-15-7-2-6-13;1-7-3-4-8(6-11-2)5-9(7)10;1-7-2-3-8(4-5-11)6-9(7)10;4-2-1-3-5/h5-6,11H,4,7-10,12H2,1-3H3;6-7,12H,5,8-11H2,1-4H3;3-4,9,15H,2,5-8H2,1H3;3-5H,6H2,1H3;2-3,6H,4-5,11H2,1H3;1-3H2. The molecule has 5 aromatic rings. The second-order valence-corrected chi connectivity index (χ2v) is 23.7. The van der Waals surface area contributed by atoms with Gasteiger partial charge in [-0.15, -0.1) is 0 Å². The summed E-state index contributed by atoms with van der Waals surface area (Å²) in [7, 11) is 0. The van der Waals surface area contributed by atoms with Gasteiger partial charge in [-0.2, -0.15) is 0 Å². The van der Waals surface area contributed by atoms with Crippen LogP contribution in [0.1, 0.15) is 123 Å². The third-order valence-corrected chi connectivity index (χ3v) is 13.4. The van der Waals surface area contributed by atoms with Gasteiger partial charge in [-0.05, 0) is 221 Å². The number of alkyl halides is 6. The highest BCUT2D eigenvalue weighted by atomic mass is 127. The lowest BCUT2D eigenvalue weighted by atomic mass is 10.1. The first-order valence-electron chi connectivity index (χ1n) is 29.0. The number of nitrogens with zero attached hydrogens (tertiary/aromatic N) is 3. The minimum Gasteiger partial charge on any atom is -0.444 e. The summed E-state index contributed by atoms with van der Waals surface area (Å²) in [4.78, 5) is 30.4. The number of hydrogen-bond donors (Lipinski definition) is 2. The summed E-state index contributed by atoms with van der Waals surface area (Å²) in [5.74, 6) is -1.06. The van der Waals surface area contributed by atoms with Gasteiger partial charge in [0.05, 0.1) is 26.7 Å². The minimum atomic E-state index is -0.602. The summed E-state index contributed by atoms with van der Waals surface area (Å²) in [6, 6.07) is 25.4. The molecular formula is C67H92BrF9IN5O4. The van der Waals surface area contributed by atoms with Crippen LogP contribution < -0.4 is 11.1 Å². The van der Waals surface area contributed by atoms with Gasteiger partial charge in [-0.1, -0.05) is 99.2 Å². The minimum absolute atomic E-state index is 0.143. The molecule has 5 aromatic carbocycles. The van der Waals surface area contributed by atoms with Gasteiger partial charge in [-0.25, -0.2) is 38.1 Å². The van der Waals surface area contributed by atoms with E-state index in [1.54, 1.807) is 118 Å². The molecule has 87 heavy (non-hydrogen) atoms. The first-order valence-corrected chi connectivity index (χ1v) is 31.6. The van der Waals surface area contributed by atoms with E-state index in [9.17, 15) is 49.1 Å². The number of rotatable bonds is 24. The first kappa shape index (κ1) is 81.6. The number of aryl methyl sites for hydroxylation is 4. The molecule has 5 rings (SSSR count). The van der Waals surface area contributed by atoms with Crippen molar-refractivity contribution in [3.63, 3.8) is 0 Å². The fraction of sp³-hybridized carbons (Fsp3) is 0.507. The van der Waals surface area contributed by atoms with E-state index >= 15 is 0 Å². The molecule has 0 aliphatic rings. The Kier molecular flexibility index (Phi) is 43.8. The van der Waals surface area contributed by atoms with Crippen LogP contribution in [0.2, 0.25) is 0 Å². The normalized spacial score (nSPS) is 10.6. The molecule has 3 N–H and O–H groups in total. The second kappa shape index (κ2) is 46.7. The van der Waals surface area contributed by atoms with Crippen LogP contribution in [0.15, 0.2) is 91.0 Å². The monoisotopic (exact) mass is 1410 g/mol. The summed E-state index contributed by atoms with van der Waals surface area (Å²) >= 11 is 5.37. The molecule has 0 aromatic heterocycles. The molecule has 486 valence electrons. The molecule has 0 atom stereocenters. The Hall–Kier alpha value is -5.37. The zero-order valence-electron chi connectivity index (χ0n) is 52.4. The summed E-state index contributed by atoms with van der Waals surface area (Å²) in [6.07, 6.45) is 3.37. The summed E-state index contributed by atoms with van der Waals surface area (Å²) in [5.41, 5.74) is 11.6. The van der Waals surface area contributed by atoms with Crippen LogP contribution in [0.25, 0.3) is 4.85 Å². The second-order valence-electron chi connectivity index (χ2n) is 22.0. The van der Waals surface area contributed by atoms with Crippen molar-refractivity contribution in [1.29, 1.82) is 0 Å². The highest BCUT2D eigenvalue weighted by molar-refractivity contribution is 14.1. The number of nitrogens with one attached hydrogen (secondary N) is 1. The largest absolute Gasteiger partial charge is 0.444 e. The van der Waals surface area contributed by atoms with Gasteiger partial charge in [0.1, 0.15) is 40.3 Å². The van der Waals surface area contributed by atoms with Crippen molar-refractivity contribution in [1.82, 2.24) is 15.1 Å². The van der Waals surface area contributed by atoms with E-state index in [4.69, 9.17) is 21.8 Å². The number of carbonyl (C=O) groups is 2. The topological polar surface area (TPSA) is 101 Å². The zero-order chi connectivity index (χ0) is 66.0. The van der Waals surface area contributed by atoms with Gasteiger partial charge in [0.25, 0.3) is 0 Å². The van der Waals surface area contributed by atoms with Gasteiger partial charge < -0.3 is 35.2 Å². The van der Waals surface area contributed by atoms with E-state index in [1.165, 1.54) is 28.0 Å². The van der Waals surface area contributed by atoms with E-state index in [0.29, 0.717) is 91.6 Å². The summed E-state index contributed by atoms with van der Waals surface area (Å²) in [5, 5.41) is 3.56. The van der Waals surface area contributed by atoms with E-state index < -0.39 is 36.7 Å². The van der Waals surface area contributed by atoms with Crippen molar-refractivity contribution in [2.45, 2.75) is 144 Å². The molecule has 0 heterocycles. The molecule has 0 aliphatic carbocycles. The Labute approximate surface area is 534 Å². The number of carbonyl (C=O) groups excluding carboxylic acids is 2. The molecule has 0 radical (unpaired) electrons. The van der Waals surface area contributed by atoms with Crippen molar-refractivity contribution in [2.24, 2.45) is 5.73 Å². The third-order valence-electron chi connectivity index (χ3n) is 12.0. The highest BCUT2D eigenvalue weighted by Crippen LogP contribution is 2.18. The number of benzene rings is 5. The number of nitrogens with two attached hydrogens (primary N) is 1. The fourth-order valence-corrected chi connectivity index (χ4v) is 7.84. The Balaban J connectivity index is 0.00000107. The van der Waals surface area contributed by atoms with Crippen molar-refractivity contribution in [2.75, 3.05) is 76.9 Å². The maximum absolute atomic E-state index is 13.8. The van der Waals surface area contributed by atoms with Crippen molar-refractivity contribution in [3.05, 3.63) is 187 Å². The van der Waals surface area contributed by atoms with Gasteiger partial charge in [0.2, 0.25) is 6.54 Å². The summed E-state index contributed by atoms with van der Waals surface area (Å²) in [6.45, 7) is 26.4. The molecule has 20 heteroatoms. The van der Waals surface area contributed by atoms with E-state index in [-0.39, 0.29) is 68.4 Å². The quantitative estimate of drug-likeness (QED) is 0.0210. The molecule has 0 unspecified atom stereocenters. The van der Waals surface area contributed by atoms with Crippen LogP contribution >= 0.6 is 38.5 Å². The fourth-order valence-electron chi connectivity index (χ4n) is 7.09. The van der Waals surface area contributed by atoms with E-state index in [1.807, 2.05) is 24.3 Å². The van der Waals surface area contributed by atoms with E-state index in [0.717, 1.165) is 51.6 Å². The van der Waals surface area contributed by atoms with Crippen LogP contribution in [-0.2, 0) is 47.0 Å². The molecule has 0 saturated heterocycles. The molecule has 0 fully saturated rings. The van der Waals surface area contributed by atoms with Gasteiger partial charge in [0, 0.05) is 41.5 Å². The maximum Gasteiger partial charge on any atom is 0.410 e. The molecular weight excluding hydrogens is 1320 g/mol. The first-order chi connectivity index (χ1) is 41.1. The lowest BCUT2D eigenvalue weighted by Crippen LogP contribution is -2.38. The van der Waals surface area contributed by atoms with Gasteiger partial charge >= 0.3 is 12.2 Å². The molecule has 2 amide bonds. The number of amides is 2. The van der Waals surface area contributed by atoms with Crippen molar-refractivity contribution in [3.8, 4) is 0 Å². The number of hydrogen-bond acceptors (Lipinski definition) is 6. The van der Waals surface area contributed by atoms with Crippen LogP contribution in [0.4, 0.5) is 49.1 Å². The lowest BCUT2D eigenvalue weighted by molar-refractivity contribution is 0.0236. The number of halogens is 11. The Morgan fingerprint density at radius 3 is 1.21 bits per heavy atom. The Morgan fingerprint density at radius 1 is 0.529 bits per heavy atom. The van der Waals surface area contributed by atoms with Crippen molar-refractivity contribution >= 4 is 50.7 Å². The van der Waals surface area contributed by atoms with Crippen LogP contribution in [0.5, 0.6) is 0 Å². The predicted molar refractivity (Wildman–Crippen MR) is 347 cm³/mol. The lowest BCUT2D eigenvalue weighted by Gasteiger charge is -2.27. The average molecular weight is 1410 g/mol. The van der Waals surface area contributed by atoms with Crippen LogP contribution in [-0.4, -0.2) is 110 Å². The van der Waals surface area contributed by atoms with Crippen molar-refractivity contribution < 1.29 is 58.6 Å². The summed E-state index contributed by atoms with van der Waals surface area (Å²) < 4.78 is 125. The zero-order valence-corrected chi connectivity index (χ0v) is 56.2. The smallest absolute Gasteiger partial charge is 0.410 e. The van der Waals surface area contributed by atoms with Gasteiger partial charge in [-0.3, -0.25) is 17.6 Å². The van der Waals surface area contributed by atoms with Gasteiger partial charge in [0.15, 0.2) is 0 Å². The Morgan fingerprint density at radius 2 is 0.885 bits per heavy atom. The molecule has 0 bridgehead atoms. The molecule has 0 aliphatic heterocycles. The molecule has 0 saturated carbocycles. The number of ether oxygens (including phenoxy) is 2. The SMILES string of the molecule is CC(C)(C)OC(=O)N(CCCF)CCc1ccc(CBr)c(F)c1.Cc1ccc(CCN(CCCF)C(=O)OC(C)(C)C)cc1F.Cc1ccc(CCN)cc1F.Cc1ccc(CCNCCCF)cc1F.FCCCI.[C-]#[N+]Cc1ccc(C)c(F)c1. The predicted octanol–water partition coefficient (Wildman–Crippen LogP) is 17.7. The average Bonchev–Trinajstić information content (AvgIpc) is 3.61. The Bertz CT molecular complexity index is 2760. The molecule has 0 spiro atoms.